The molecule has 5 rings (SSSR count). The molecule has 0 saturated carbocycles. The van der Waals surface area contributed by atoms with Gasteiger partial charge in [-0.2, -0.15) is 5.26 Å². The Morgan fingerprint density at radius 1 is 0.968 bits per heavy atom. The van der Waals surface area contributed by atoms with Crippen LogP contribution in [0.3, 0.4) is 0 Å². The molecule has 2 aromatic carbocycles. The van der Waals surface area contributed by atoms with Crippen molar-refractivity contribution < 1.29 is 0 Å². The van der Waals surface area contributed by atoms with Gasteiger partial charge >= 0.3 is 0 Å². The van der Waals surface area contributed by atoms with E-state index in [2.05, 4.69) is 45.5 Å². The first-order chi connectivity index (χ1) is 15.2. The highest BCUT2D eigenvalue weighted by molar-refractivity contribution is 5.86. The maximum atomic E-state index is 9.85. The number of nitriles is 1. The van der Waals surface area contributed by atoms with Gasteiger partial charge in [0, 0.05) is 11.9 Å². The lowest BCUT2D eigenvalue weighted by atomic mass is 10.1. The average Bonchev–Trinajstić information content (AvgIpc) is 3.20. The molecular formula is C26H21N5. The molecule has 5 nitrogen and oxygen atoms in total. The van der Waals surface area contributed by atoms with Crippen LogP contribution >= 0.6 is 0 Å². The second kappa shape index (κ2) is 7.58. The van der Waals surface area contributed by atoms with Crippen LogP contribution in [0.15, 0.2) is 85.1 Å². The Kier molecular flexibility index (Phi) is 4.61. The van der Waals surface area contributed by atoms with E-state index in [1.54, 1.807) is 0 Å². The van der Waals surface area contributed by atoms with Crippen molar-refractivity contribution in [2.45, 2.75) is 19.9 Å². The summed E-state index contributed by atoms with van der Waals surface area (Å²) in [5.41, 5.74) is 6.01. The summed E-state index contributed by atoms with van der Waals surface area (Å²) >= 11 is 0. The number of nitrogens with zero attached hydrogens (tertiary/aromatic N) is 5. The van der Waals surface area contributed by atoms with E-state index in [9.17, 15) is 5.26 Å². The first-order valence-electron chi connectivity index (χ1n) is 10.2. The van der Waals surface area contributed by atoms with Crippen LogP contribution in [0.5, 0.6) is 0 Å². The first kappa shape index (κ1) is 18.8. The van der Waals surface area contributed by atoms with Gasteiger partial charge in [0.2, 0.25) is 0 Å². The molecule has 31 heavy (non-hydrogen) atoms. The van der Waals surface area contributed by atoms with E-state index in [-0.39, 0.29) is 6.04 Å². The largest absolute Gasteiger partial charge is 0.319 e. The molecule has 5 heteroatoms. The van der Waals surface area contributed by atoms with Gasteiger partial charge in [0.05, 0.1) is 28.3 Å². The highest BCUT2D eigenvalue weighted by Crippen LogP contribution is 2.37. The minimum Gasteiger partial charge on any atom is -0.319 e. The molecule has 1 unspecified atom stereocenters. The van der Waals surface area contributed by atoms with Gasteiger partial charge in [0.15, 0.2) is 5.65 Å². The predicted octanol–water partition coefficient (Wildman–Crippen LogP) is 5.96. The molecule has 0 saturated heterocycles. The van der Waals surface area contributed by atoms with E-state index in [0.717, 1.165) is 33.8 Å². The highest BCUT2D eigenvalue weighted by Gasteiger charge is 2.25. The second-order valence-electron chi connectivity index (χ2n) is 7.57. The number of para-hydroxylation sites is 3. The fraction of sp³-hybridized carbons (Fsp3) is 0.115. The van der Waals surface area contributed by atoms with Crippen LogP contribution in [0.2, 0.25) is 0 Å². The van der Waals surface area contributed by atoms with Gasteiger partial charge in [-0.25, -0.2) is 4.98 Å². The van der Waals surface area contributed by atoms with Crippen molar-refractivity contribution in [1.82, 2.24) is 14.4 Å². The molecule has 0 radical (unpaired) electrons. The maximum absolute atomic E-state index is 9.85. The number of aryl methyl sites for hydroxylation is 1. The number of fused-ring (bicyclic) bond motifs is 3. The fourth-order valence-corrected chi connectivity index (χ4v) is 4.15. The van der Waals surface area contributed by atoms with Crippen LogP contribution in [0.1, 0.15) is 29.8 Å². The van der Waals surface area contributed by atoms with Crippen molar-refractivity contribution in [3.63, 3.8) is 0 Å². The van der Waals surface area contributed by atoms with E-state index < -0.39 is 0 Å². The third kappa shape index (κ3) is 3.10. The lowest BCUT2D eigenvalue weighted by Gasteiger charge is -2.32. The standard InChI is InChI=1S/C26H21N5/c1-18-16-25(31-24-14-7-6-13-23(24)29-26(31)21(18)17-27)30(20-10-4-3-5-11-20)19(2)22-12-8-9-15-28-22/h3-16,19H,1-2H3. The molecule has 3 aromatic heterocycles. The molecule has 0 bridgehead atoms. The fourth-order valence-electron chi connectivity index (χ4n) is 4.15. The van der Waals surface area contributed by atoms with E-state index >= 15 is 0 Å². The SMILES string of the molecule is Cc1cc(N(c2ccccc2)C(C)c2ccccn2)n2c(nc3ccccc32)c1C#N. The van der Waals surface area contributed by atoms with E-state index in [1.807, 2.05) is 73.8 Å². The molecule has 150 valence electrons. The zero-order valence-electron chi connectivity index (χ0n) is 17.4. The molecule has 0 amide bonds. The maximum Gasteiger partial charge on any atom is 0.157 e. The number of pyridine rings is 2. The summed E-state index contributed by atoms with van der Waals surface area (Å²) in [4.78, 5) is 11.7. The number of anilines is 2. The van der Waals surface area contributed by atoms with Gasteiger partial charge in [-0.05, 0) is 61.9 Å². The summed E-state index contributed by atoms with van der Waals surface area (Å²) in [6, 6.07) is 28.6. The summed E-state index contributed by atoms with van der Waals surface area (Å²) in [7, 11) is 0. The van der Waals surface area contributed by atoms with Crippen molar-refractivity contribution in [1.29, 1.82) is 5.26 Å². The molecule has 0 fully saturated rings. The van der Waals surface area contributed by atoms with Crippen LogP contribution in [-0.2, 0) is 0 Å². The zero-order chi connectivity index (χ0) is 21.4. The van der Waals surface area contributed by atoms with Crippen molar-refractivity contribution in [3.05, 3.63) is 102 Å². The second-order valence-corrected chi connectivity index (χ2v) is 7.57. The minimum atomic E-state index is -0.0414. The van der Waals surface area contributed by atoms with Crippen molar-refractivity contribution in [2.75, 3.05) is 4.90 Å². The summed E-state index contributed by atoms with van der Waals surface area (Å²) in [5.74, 6) is 0.949. The van der Waals surface area contributed by atoms with Crippen molar-refractivity contribution in [2.24, 2.45) is 0 Å². The molecule has 0 aliphatic heterocycles. The van der Waals surface area contributed by atoms with Gasteiger partial charge in [-0.1, -0.05) is 36.4 Å². The third-order valence-electron chi connectivity index (χ3n) is 5.65. The molecule has 5 aromatic rings. The Morgan fingerprint density at radius 2 is 1.71 bits per heavy atom. The summed E-state index contributed by atoms with van der Waals surface area (Å²) in [5, 5.41) is 9.85. The quantitative estimate of drug-likeness (QED) is 0.371. The number of benzene rings is 2. The lowest BCUT2D eigenvalue weighted by molar-refractivity contribution is 0.732. The van der Waals surface area contributed by atoms with Crippen molar-refractivity contribution in [3.8, 4) is 6.07 Å². The average molecular weight is 403 g/mol. The topological polar surface area (TPSA) is 57.2 Å². The van der Waals surface area contributed by atoms with E-state index in [1.165, 1.54) is 0 Å². The van der Waals surface area contributed by atoms with Crippen LogP contribution in [0.25, 0.3) is 16.7 Å². The van der Waals surface area contributed by atoms with E-state index in [4.69, 9.17) is 4.98 Å². The molecule has 0 spiro atoms. The van der Waals surface area contributed by atoms with Crippen LogP contribution in [0, 0.1) is 18.3 Å². The molecule has 0 aliphatic carbocycles. The Balaban J connectivity index is 1.87. The Labute approximate surface area is 180 Å². The number of rotatable bonds is 4. The minimum absolute atomic E-state index is 0.0414. The number of hydrogen-bond donors (Lipinski definition) is 0. The summed E-state index contributed by atoms with van der Waals surface area (Å²) in [6.45, 7) is 4.11. The molecule has 0 aliphatic rings. The first-order valence-corrected chi connectivity index (χ1v) is 10.2. The van der Waals surface area contributed by atoms with Gasteiger partial charge in [0.25, 0.3) is 0 Å². The summed E-state index contributed by atoms with van der Waals surface area (Å²) < 4.78 is 2.09. The zero-order valence-corrected chi connectivity index (χ0v) is 17.4. The number of imidazole rings is 1. The van der Waals surface area contributed by atoms with Crippen LogP contribution in [-0.4, -0.2) is 14.4 Å². The smallest absolute Gasteiger partial charge is 0.157 e. The van der Waals surface area contributed by atoms with Gasteiger partial charge < -0.3 is 4.90 Å². The highest BCUT2D eigenvalue weighted by atomic mass is 15.3. The van der Waals surface area contributed by atoms with Crippen LogP contribution < -0.4 is 4.90 Å². The van der Waals surface area contributed by atoms with Gasteiger partial charge in [-0.3, -0.25) is 9.38 Å². The predicted molar refractivity (Wildman–Crippen MR) is 123 cm³/mol. The number of hydrogen-bond acceptors (Lipinski definition) is 4. The summed E-state index contributed by atoms with van der Waals surface area (Å²) in [6.07, 6.45) is 1.82. The Hall–Kier alpha value is -4.17. The monoisotopic (exact) mass is 403 g/mol. The van der Waals surface area contributed by atoms with Crippen molar-refractivity contribution >= 4 is 28.2 Å². The molecule has 0 N–H and O–H groups in total. The molecular weight excluding hydrogens is 382 g/mol. The molecule has 1 atom stereocenters. The molecule has 3 heterocycles. The van der Waals surface area contributed by atoms with E-state index in [0.29, 0.717) is 11.2 Å². The van der Waals surface area contributed by atoms with Gasteiger partial charge in [-0.15, -0.1) is 0 Å². The normalized spacial score (nSPS) is 12.0. The third-order valence-corrected chi connectivity index (χ3v) is 5.65. The Morgan fingerprint density at radius 3 is 2.45 bits per heavy atom. The Bertz CT molecular complexity index is 1410. The van der Waals surface area contributed by atoms with Gasteiger partial charge in [0.1, 0.15) is 11.9 Å². The van der Waals surface area contributed by atoms with Crippen LogP contribution in [0.4, 0.5) is 11.5 Å². The number of aromatic nitrogens is 3. The lowest BCUT2D eigenvalue weighted by Crippen LogP contribution is -2.24.